The van der Waals surface area contributed by atoms with E-state index in [0.29, 0.717) is 19.7 Å². The molecule has 0 bridgehead atoms. The Bertz CT molecular complexity index is 369. The molecule has 102 valence electrons. The highest BCUT2D eigenvalue weighted by atomic mass is 19.1. The highest BCUT2D eigenvalue weighted by molar-refractivity contribution is 5.24. The predicted octanol–water partition coefficient (Wildman–Crippen LogP) is 2.14. The number of hydrogen-bond donors (Lipinski definition) is 1. The van der Waals surface area contributed by atoms with Crippen LogP contribution < -0.4 is 5.73 Å². The van der Waals surface area contributed by atoms with Gasteiger partial charge in [-0.3, -0.25) is 4.90 Å². The molecule has 0 unspecified atom stereocenters. The average molecular weight is 254 g/mol. The molecule has 0 radical (unpaired) electrons. The summed E-state index contributed by atoms with van der Waals surface area (Å²) in [5.41, 5.74) is 7.31. The largest absolute Gasteiger partial charge is 0.377 e. The summed E-state index contributed by atoms with van der Waals surface area (Å²) in [6.07, 6.45) is 0.247. The molecule has 0 spiro atoms. The van der Waals surface area contributed by atoms with Gasteiger partial charge in [-0.15, -0.1) is 0 Å². The molecule has 2 N–H and O–H groups in total. The van der Waals surface area contributed by atoms with Gasteiger partial charge in [0.2, 0.25) is 0 Å². The fraction of sp³-hybridized carbons (Fsp3) is 0.571. The van der Waals surface area contributed by atoms with Gasteiger partial charge in [0, 0.05) is 19.6 Å². The third-order valence-electron chi connectivity index (χ3n) is 2.63. The van der Waals surface area contributed by atoms with Crippen LogP contribution >= 0.6 is 0 Å². The van der Waals surface area contributed by atoms with Crippen molar-refractivity contribution >= 4 is 0 Å². The van der Waals surface area contributed by atoms with Gasteiger partial charge in [-0.2, -0.15) is 0 Å². The first-order valence-corrected chi connectivity index (χ1v) is 6.30. The molecule has 1 rings (SSSR count). The first-order valence-electron chi connectivity index (χ1n) is 6.30. The number of ether oxygens (including phenoxy) is 1. The van der Waals surface area contributed by atoms with Crippen molar-refractivity contribution in [3.8, 4) is 0 Å². The molecule has 0 aliphatic rings. The maximum atomic E-state index is 13.3. The first kappa shape index (κ1) is 15.1. The quantitative estimate of drug-likeness (QED) is 0.810. The lowest BCUT2D eigenvalue weighted by atomic mass is 10.1. The topological polar surface area (TPSA) is 38.5 Å². The van der Waals surface area contributed by atoms with Gasteiger partial charge in [-0.25, -0.2) is 4.39 Å². The number of halogens is 1. The van der Waals surface area contributed by atoms with E-state index in [0.717, 1.165) is 17.7 Å². The molecule has 3 nitrogen and oxygen atoms in total. The summed E-state index contributed by atoms with van der Waals surface area (Å²) in [5.74, 6) is -0.222. The Morgan fingerprint density at radius 1 is 1.28 bits per heavy atom. The van der Waals surface area contributed by atoms with Crippen LogP contribution in [0.15, 0.2) is 18.2 Å². The SMILES string of the molecule is CC(C)OCCN(C)Cc1cc(F)cc(CN)c1. The van der Waals surface area contributed by atoms with Crippen LogP contribution in [-0.2, 0) is 17.8 Å². The van der Waals surface area contributed by atoms with Crippen molar-refractivity contribution in [2.24, 2.45) is 5.73 Å². The molecule has 0 aromatic heterocycles. The smallest absolute Gasteiger partial charge is 0.123 e. The number of hydrogen-bond acceptors (Lipinski definition) is 3. The van der Waals surface area contributed by atoms with E-state index in [2.05, 4.69) is 4.90 Å². The van der Waals surface area contributed by atoms with E-state index in [9.17, 15) is 4.39 Å². The zero-order chi connectivity index (χ0) is 13.5. The highest BCUT2D eigenvalue weighted by Crippen LogP contribution is 2.10. The van der Waals surface area contributed by atoms with E-state index >= 15 is 0 Å². The summed E-state index contributed by atoms with van der Waals surface area (Å²) in [5, 5.41) is 0. The molecular formula is C14H23FN2O. The van der Waals surface area contributed by atoms with Crippen molar-refractivity contribution < 1.29 is 9.13 Å². The van der Waals surface area contributed by atoms with Crippen molar-refractivity contribution in [1.29, 1.82) is 0 Å². The molecule has 0 aliphatic heterocycles. The molecule has 1 aromatic carbocycles. The van der Waals surface area contributed by atoms with Gasteiger partial charge in [0.15, 0.2) is 0 Å². The lowest BCUT2D eigenvalue weighted by Crippen LogP contribution is -2.24. The highest BCUT2D eigenvalue weighted by Gasteiger charge is 2.04. The van der Waals surface area contributed by atoms with E-state index in [1.807, 2.05) is 27.0 Å². The van der Waals surface area contributed by atoms with E-state index in [-0.39, 0.29) is 11.9 Å². The Morgan fingerprint density at radius 2 is 1.94 bits per heavy atom. The number of nitrogens with two attached hydrogens (primary N) is 1. The zero-order valence-electron chi connectivity index (χ0n) is 11.4. The fourth-order valence-corrected chi connectivity index (χ4v) is 1.76. The first-order chi connectivity index (χ1) is 8.51. The molecule has 0 aliphatic carbocycles. The van der Waals surface area contributed by atoms with Gasteiger partial charge in [0.1, 0.15) is 5.82 Å². The Balaban J connectivity index is 2.48. The van der Waals surface area contributed by atoms with Crippen molar-refractivity contribution in [2.75, 3.05) is 20.2 Å². The standard InChI is InChI=1S/C14H23FN2O/c1-11(2)18-5-4-17(3)10-13-6-12(9-16)7-14(15)8-13/h6-8,11H,4-5,9-10,16H2,1-3H3. The van der Waals surface area contributed by atoms with Crippen LogP contribution in [0.4, 0.5) is 4.39 Å². The van der Waals surface area contributed by atoms with E-state index < -0.39 is 0 Å². The molecule has 0 saturated carbocycles. The maximum absolute atomic E-state index is 13.3. The van der Waals surface area contributed by atoms with E-state index in [1.54, 1.807) is 6.07 Å². The lowest BCUT2D eigenvalue weighted by Gasteiger charge is -2.18. The minimum atomic E-state index is -0.222. The molecule has 0 heterocycles. The summed E-state index contributed by atoms with van der Waals surface area (Å²) < 4.78 is 18.8. The van der Waals surface area contributed by atoms with Crippen molar-refractivity contribution in [1.82, 2.24) is 4.90 Å². The number of benzene rings is 1. The normalized spacial score (nSPS) is 11.5. The van der Waals surface area contributed by atoms with Crippen molar-refractivity contribution in [3.05, 3.63) is 35.1 Å². The Hall–Kier alpha value is -0.970. The van der Waals surface area contributed by atoms with Gasteiger partial charge in [0.25, 0.3) is 0 Å². The van der Waals surface area contributed by atoms with Crippen LogP contribution in [0.1, 0.15) is 25.0 Å². The fourth-order valence-electron chi connectivity index (χ4n) is 1.76. The van der Waals surface area contributed by atoms with Gasteiger partial charge in [-0.1, -0.05) is 6.07 Å². The molecule has 0 saturated heterocycles. The predicted molar refractivity (Wildman–Crippen MR) is 71.7 cm³/mol. The van der Waals surface area contributed by atoms with Crippen LogP contribution in [0, 0.1) is 5.82 Å². The second-order valence-corrected chi connectivity index (χ2v) is 4.83. The minimum Gasteiger partial charge on any atom is -0.377 e. The van der Waals surface area contributed by atoms with Crippen LogP contribution in [-0.4, -0.2) is 31.2 Å². The molecule has 18 heavy (non-hydrogen) atoms. The van der Waals surface area contributed by atoms with Gasteiger partial charge < -0.3 is 10.5 Å². The van der Waals surface area contributed by atoms with Crippen LogP contribution in [0.5, 0.6) is 0 Å². The molecule has 4 heteroatoms. The number of nitrogens with zero attached hydrogens (tertiary/aromatic N) is 1. The second kappa shape index (κ2) is 7.46. The summed E-state index contributed by atoms with van der Waals surface area (Å²) >= 11 is 0. The van der Waals surface area contributed by atoms with Crippen molar-refractivity contribution in [3.63, 3.8) is 0 Å². The zero-order valence-corrected chi connectivity index (χ0v) is 11.4. The molecule has 0 amide bonds. The van der Waals surface area contributed by atoms with Crippen LogP contribution in [0.25, 0.3) is 0 Å². The van der Waals surface area contributed by atoms with Gasteiger partial charge in [-0.05, 0) is 44.2 Å². The second-order valence-electron chi connectivity index (χ2n) is 4.83. The Morgan fingerprint density at radius 3 is 2.56 bits per heavy atom. The van der Waals surface area contributed by atoms with Crippen molar-refractivity contribution in [2.45, 2.75) is 33.0 Å². The third-order valence-corrected chi connectivity index (χ3v) is 2.63. The van der Waals surface area contributed by atoms with Crippen LogP contribution in [0.3, 0.4) is 0 Å². The Labute approximate surface area is 109 Å². The Kier molecular flexibility index (Phi) is 6.25. The number of likely N-dealkylation sites (N-methyl/N-ethyl adjacent to an activating group) is 1. The third kappa shape index (κ3) is 5.58. The summed E-state index contributed by atoms with van der Waals surface area (Å²) in [6, 6.07) is 4.98. The van der Waals surface area contributed by atoms with E-state index in [4.69, 9.17) is 10.5 Å². The lowest BCUT2D eigenvalue weighted by molar-refractivity contribution is 0.0627. The molecule has 1 aromatic rings. The van der Waals surface area contributed by atoms with Gasteiger partial charge >= 0.3 is 0 Å². The van der Waals surface area contributed by atoms with Crippen LogP contribution in [0.2, 0.25) is 0 Å². The summed E-state index contributed by atoms with van der Waals surface area (Å²) in [4.78, 5) is 2.11. The average Bonchev–Trinajstić information content (AvgIpc) is 2.27. The van der Waals surface area contributed by atoms with Gasteiger partial charge in [0.05, 0.1) is 12.7 Å². The molecular weight excluding hydrogens is 231 g/mol. The molecule has 0 atom stereocenters. The summed E-state index contributed by atoms with van der Waals surface area (Å²) in [6.45, 7) is 6.61. The molecule has 0 fully saturated rings. The van der Waals surface area contributed by atoms with E-state index in [1.165, 1.54) is 6.07 Å². The minimum absolute atomic E-state index is 0.222. The summed E-state index contributed by atoms with van der Waals surface area (Å²) in [7, 11) is 2.00. The monoisotopic (exact) mass is 254 g/mol. The number of rotatable bonds is 7. The maximum Gasteiger partial charge on any atom is 0.123 e.